The fourth-order valence-corrected chi connectivity index (χ4v) is 2.68. The topological polar surface area (TPSA) is 0 Å². The zero-order chi connectivity index (χ0) is 13.1. The Morgan fingerprint density at radius 2 is 1.56 bits per heavy atom. The van der Waals surface area contributed by atoms with Gasteiger partial charge < -0.3 is 0 Å². The van der Waals surface area contributed by atoms with E-state index in [-0.39, 0.29) is 0 Å². The van der Waals surface area contributed by atoms with Gasteiger partial charge >= 0.3 is 0 Å². The normalized spacial score (nSPS) is 10.7. The summed E-state index contributed by atoms with van der Waals surface area (Å²) in [4.78, 5) is 0. The maximum absolute atomic E-state index is 6.23. The van der Waals surface area contributed by atoms with Gasteiger partial charge in [0, 0.05) is 4.47 Å². The largest absolute Gasteiger partial charge is 0.0824 e. The highest BCUT2D eigenvalue weighted by molar-refractivity contribution is 9.10. The van der Waals surface area contributed by atoms with Gasteiger partial charge in [0.15, 0.2) is 0 Å². The summed E-state index contributed by atoms with van der Waals surface area (Å²) in [6.45, 7) is 2.09. The predicted octanol–water partition coefficient (Wildman–Crippen LogP) is 5.85. The number of rotatable bonds is 3. The highest BCUT2D eigenvalue weighted by Crippen LogP contribution is 2.33. The summed E-state index contributed by atoms with van der Waals surface area (Å²) in [5.41, 5.74) is 3.68. The minimum Gasteiger partial charge on any atom is -0.0824 e. The summed E-state index contributed by atoms with van der Waals surface area (Å²) in [5.74, 6) is 0. The van der Waals surface area contributed by atoms with Crippen molar-refractivity contribution in [3.05, 3.63) is 67.6 Å². The van der Waals surface area contributed by atoms with Crippen LogP contribution in [0.15, 0.2) is 40.9 Å². The Labute approximate surface area is 126 Å². The van der Waals surface area contributed by atoms with Gasteiger partial charge in [-0.1, -0.05) is 59.1 Å². The van der Waals surface area contributed by atoms with E-state index in [2.05, 4.69) is 47.1 Å². The standard InChI is InChI=1S/C15H13BrCl2/c1-10-2-4-11(5-3-10)6-7-12-8-9-13(16)15(18)14(12)17/h2-5,8-9H,6-7H2,1H3. The molecule has 0 bridgehead atoms. The fourth-order valence-electron chi connectivity index (χ4n) is 1.79. The number of halogens is 3. The summed E-state index contributed by atoms with van der Waals surface area (Å²) in [5, 5.41) is 1.25. The molecule has 94 valence electrons. The van der Waals surface area contributed by atoms with Crippen molar-refractivity contribution in [1.82, 2.24) is 0 Å². The van der Waals surface area contributed by atoms with E-state index in [1.807, 2.05) is 12.1 Å². The highest BCUT2D eigenvalue weighted by Gasteiger charge is 2.08. The summed E-state index contributed by atoms with van der Waals surface area (Å²) in [6.07, 6.45) is 1.87. The van der Waals surface area contributed by atoms with Crippen LogP contribution < -0.4 is 0 Å². The molecule has 18 heavy (non-hydrogen) atoms. The molecule has 0 atom stereocenters. The minimum atomic E-state index is 0.595. The Balaban J connectivity index is 2.11. The van der Waals surface area contributed by atoms with Gasteiger partial charge in [0.05, 0.1) is 10.0 Å². The van der Waals surface area contributed by atoms with Gasteiger partial charge in [-0.25, -0.2) is 0 Å². The molecule has 2 aromatic carbocycles. The van der Waals surface area contributed by atoms with E-state index in [0.717, 1.165) is 22.9 Å². The number of hydrogen-bond acceptors (Lipinski definition) is 0. The molecular weight excluding hydrogens is 331 g/mol. The van der Waals surface area contributed by atoms with Crippen LogP contribution in [-0.2, 0) is 12.8 Å². The second kappa shape index (κ2) is 6.10. The first-order valence-corrected chi connectivity index (χ1v) is 7.31. The summed E-state index contributed by atoms with van der Waals surface area (Å²) < 4.78 is 0.841. The maximum atomic E-state index is 6.23. The van der Waals surface area contributed by atoms with Crippen LogP contribution in [0.4, 0.5) is 0 Å². The van der Waals surface area contributed by atoms with E-state index in [1.54, 1.807) is 0 Å². The van der Waals surface area contributed by atoms with Crippen LogP contribution in [-0.4, -0.2) is 0 Å². The Hall–Kier alpha value is -0.500. The Morgan fingerprint density at radius 1 is 0.889 bits per heavy atom. The predicted molar refractivity (Wildman–Crippen MR) is 82.7 cm³/mol. The molecule has 0 saturated carbocycles. The monoisotopic (exact) mass is 342 g/mol. The van der Waals surface area contributed by atoms with Crippen LogP contribution in [0.1, 0.15) is 16.7 Å². The zero-order valence-electron chi connectivity index (χ0n) is 10.0. The number of hydrogen-bond donors (Lipinski definition) is 0. The van der Waals surface area contributed by atoms with Crippen molar-refractivity contribution in [1.29, 1.82) is 0 Å². The van der Waals surface area contributed by atoms with Crippen molar-refractivity contribution in [3.8, 4) is 0 Å². The summed E-state index contributed by atoms with van der Waals surface area (Å²) >= 11 is 15.7. The van der Waals surface area contributed by atoms with E-state index in [1.165, 1.54) is 11.1 Å². The lowest BCUT2D eigenvalue weighted by Gasteiger charge is -2.07. The lowest BCUT2D eigenvalue weighted by atomic mass is 10.0. The Morgan fingerprint density at radius 3 is 2.22 bits per heavy atom. The molecule has 0 nitrogen and oxygen atoms in total. The average molecular weight is 344 g/mol. The SMILES string of the molecule is Cc1ccc(CCc2ccc(Br)c(Cl)c2Cl)cc1. The maximum Gasteiger partial charge on any atom is 0.0737 e. The van der Waals surface area contributed by atoms with Gasteiger partial charge in [-0.2, -0.15) is 0 Å². The molecule has 0 amide bonds. The van der Waals surface area contributed by atoms with Gasteiger partial charge in [0.1, 0.15) is 0 Å². The number of benzene rings is 2. The quantitative estimate of drug-likeness (QED) is 0.613. The van der Waals surface area contributed by atoms with Gasteiger partial charge in [0.2, 0.25) is 0 Å². The highest BCUT2D eigenvalue weighted by atomic mass is 79.9. The van der Waals surface area contributed by atoms with E-state index < -0.39 is 0 Å². The molecule has 0 aromatic heterocycles. The molecule has 0 aliphatic heterocycles. The third-order valence-corrected chi connectivity index (χ3v) is 4.73. The molecule has 0 saturated heterocycles. The average Bonchev–Trinajstić information content (AvgIpc) is 2.37. The first-order chi connectivity index (χ1) is 8.58. The Bertz CT molecular complexity index is 547. The second-order valence-corrected chi connectivity index (χ2v) is 5.93. The molecule has 2 aromatic rings. The molecule has 0 radical (unpaired) electrons. The van der Waals surface area contributed by atoms with Crippen LogP contribution in [0.2, 0.25) is 10.0 Å². The van der Waals surface area contributed by atoms with Crippen LogP contribution >= 0.6 is 39.1 Å². The first-order valence-electron chi connectivity index (χ1n) is 5.76. The number of aryl methyl sites for hydroxylation is 3. The lowest BCUT2D eigenvalue weighted by molar-refractivity contribution is 0.959. The van der Waals surface area contributed by atoms with Crippen LogP contribution in [0, 0.1) is 6.92 Å². The van der Waals surface area contributed by atoms with E-state index in [9.17, 15) is 0 Å². The second-order valence-electron chi connectivity index (χ2n) is 4.32. The van der Waals surface area contributed by atoms with Crippen molar-refractivity contribution in [2.75, 3.05) is 0 Å². The Kier molecular flexibility index (Phi) is 4.71. The van der Waals surface area contributed by atoms with Gasteiger partial charge in [-0.15, -0.1) is 0 Å². The molecule has 0 unspecified atom stereocenters. The van der Waals surface area contributed by atoms with Crippen molar-refractivity contribution < 1.29 is 0 Å². The smallest absolute Gasteiger partial charge is 0.0737 e. The van der Waals surface area contributed by atoms with Gasteiger partial charge in [-0.3, -0.25) is 0 Å². The third kappa shape index (κ3) is 3.28. The van der Waals surface area contributed by atoms with E-state index in [4.69, 9.17) is 23.2 Å². The molecule has 0 aliphatic rings. The molecule has 2 rings (SSSR count). The molecule has 3 heteroatoms. The molecular formula is C15H13BrCl2. The fraction of sp³-hybridized carbons (Fsp3) is 0.200. The van der Waals surface area contributed by atoms with Crippen molar-refractivity contribution in [2.45, 2.75) is 19.8 Å². The zero-order valence-corrected chi connectivity index (χ0v) is 13.1. The summed E-state index contributed by atoms with van der Waals surface area (Å²) in [7, 11) is 0. The van der Waals surface area contributed by atoms with Crippen LogP contribution in [0.5, 0.6) is 0 Å². The molecule has 0 heterocycles. The van der Waals surface area contributed by atoms with Crippen LogP contribution in [0.25, 0.3) is 0 Å². The minimum absolute atomic E-state index is 0.595. The van der Waals surface area contributed by atoms with Gasteiger partial charge in [-0.05, 0) is 52.9 Å². The lowest BCUT2D eigenvalue weighted by Crippen LogP contribution is -1.93. The first kappa shape index (κ1) is 13.9. The summed E-state index contributed by atoms with van der Waals surface area (Å²) in [6, 6.07) is 12.5. The molecule has 0 N–H and O–H groups in total. The van der Waals surface area contributed by atoms with Crippen LogP contribution in [0.3, 0.4) is 0 Å². The van der Waals surface area contributed by atoms with Crippen molar-refractivity contribution >= 4 is 39.1 Å². The third-order valence-electron chi connectivity index (χ3n) is 2.92. The molecule has 0 aliphatic carbocycles. The van der Waals surface area contributed by atoms with E-state index >= 15 is 0 Å². The molecule has 0 fully saturated rings. The van der Waals surface area contributed by atoms with Crippen molar-refractivity contribution in [2.24, 2.45) is 0 Å². The van der Waals surface area contributed by atoms with Crippen molar-refractivity contribution in [3.63, 3.8) is 0 Å². The van der Waals surface area contributed by atoms with E-state index in [0.29, 0.717) is 10.0 Å². The van der Waals surface area contributed by atoms with Gasteiger partial charge in [0.25, 0.3) is 0 Å². The molecule has 0 spiro atoms.